The van der Waals surface area contributed by atoms with Gasteiger partial charge in [-0.2, -0.15) is 4.98 Å². The van der Waals surface area contributed by atoms with Crippen LogP contribution in [-0.4, -0.2) is 46.2 Å². The number of thioether (sulfide) groups is 1. The summed E-state index contributed by atoms with van der Waals surface area (Å²) >= 11 is 5.35. The van der Waals surface area contributed by atoms with E-state index in [0.29, 0.717) is 65.1 Å². The average molecular weight is 673 g/mol. The van der Waals surface area contributed by atoms with Gasteiger partial charge in [0.25, 0.3) is 5.91 Å². The van der Waals surface area contributed by atoms with Crippen molar-refractivity contribution in [3.63, 3.8) is 0 Å². The van der Waals surface area contributed by atoms with Gasteiger partial charge in [-0.05, 0) is 79.4 Å². The molecule has 1 atom stereocenters. The third-order valence-corrected chi connectivity index (χ3v) is 8.40. The van der Waals surface area contributed by atoms with E-state index < -0.39 is 6.04 Å². The number of fused-ring (bicyclic) bond motifs is 1. The highest BCUT2D eigenvalue weighted by Crippen LogP contribution is 2.43. The predicted octanol–water partition coefficient (Wildman–Crippen LogP) is 8.23. The molecule has 0 saturated heterocycles. The van der Waals surface area contributed by atoms with Crippen LogP contribution in [0.1, 0.15) is 78.3 Å². The fourth-order valence-corrected chi connectivity index (χ4v) is 6.31. The molecule has 2 N–H and O–H groups in total. The minimum absolute atomic E-state index is 0.266. The summed E-state index contributed by atoms with van der Waals surface area (Å²) in [5, 5.41) is 12.0. The molecule has 1 aliphatic heterocycles. The van der Waals surface area contributed by atoms with Gasteiger partial charge in [-0.25, -0.2) is 4.68 Å². The van der Waals surface area contributed by atoms with E-state index in [-0.39, 0.29) is 5.91 Å². The molecule has 11 heteroatoms. The largest absolute Gasteiger partial charge is 0.492 e. The normalized spacial score (nSPS) is 14.2. The van der Waals surface area contributed by atoms with E-state index in [4.69, 9.17) is 24.3 Å². The maximum absolute atomic E-state index is 14.1. The SMILES string of the molecule is CCCCCOc1c(Br)cc(C2C(C(=O)Nc3ccccc3OCC)=C(C)Nc3nc(SCCCC)nn32)cc1OCC. The molecule has 1 aromatic heterocycles. The number of allylic oxidation sites excluding steroid dienone is 1. The second-order valence-electron chi connectivity index (χ2n) is 10.1. The van der Waals surface area contributed by atoms with Crippen LogP contribution in [-0.2, 0) is 4.79 Å². The lowest BCUT2D eigenvalue weighted by molar-refractivity contribution is -0.113. The Bertz CT molecular complexity index is 1430. The second kappa shape index (κ2) is 16.0. The number of hydrogen-bond acceptors (Lipinski definition) is 8. The molecule has 9 nitrogen and oxygen atoms in total. The van der Waals surface area contributed by atoms with Gasteiger partial charge in [0, 0.05) is 11.4 Å². The third kappa shape index (κ3) is 8.06. The zero-order valence-electron chi connectivity index (χ0n) is 25.7. The highest BCUT2D eigenvalue weighted by Gasteiger charge is 2.36. The molecule has 0 saturated carbocycles. The molecule has 4 rings (SSSR count). The summed E-state index contributed by atoms with van der Waals surface area (Å²) in [7, 11) is 0. The van der Waals surface area contributed by atoms with Crippen molar-refractivity contribution in [2.45, 2.75) is 77.9 Å². The first-order valence-corrected chi connectivity index (χ1v) is 16.9. The molecule has 2 aromatic carbocycles. The molecule has 0 radical (unpaired) electrons. The maximum Gasteiger partial charge on any atom is 0.255 e. The lowest BCUT2D eigenvalue weighted by atomic mass is 9.94. The van der Waals surface area contributed by atoms with Gasteiger partial charge < -0.3 is 24.8 Å². The van der Waals surface area contributed by atoms with Crippen molar-refractivity contribution in [1.29, 1.82) is 0 Å². The number of nitrogens with zero attached hydrogens (tertiary/aromatic N) is 3. The minimum atomic E-state index is -0.576. The van der Waals surface area contributed by atoms with Gasteiger partial charge in [0.1, 0.15) is 11.8 Å². The molecule has 3 aromatic rings. The van der Waals surface area contributed by atoms with Gasteiger partial charge in [0.15, 0.2) is 11.5 Å². The van der Waals surface area contributed by atoms with Crippen LogP contribution in [0.4, 0.5) is 11.6 Å². The van der Waals surface area contributed by atoms with Crippen LogP contribution in [0.5, 0.6) is 17.2 Å². The Balaban J connectivity index is 1.78. The Morgan fingerprint density at radius 3 is 2.51 bits per heavy atom. The molecule has 0 fully saturated rings. The van der Waals surface area contributed by atoms with Crippen LogP contribution in [0.2, 0.25) is 0 Å². The number of hydrogen-bond donors (Lipinski definition) is 2. The van der Waals surface area contributed by atoms with Crippen LogP contribution in [0.25, 0.3) is 0 Å². The number of unbranched alkanes of at least 4 members (excludes halogenated alkanes) is 3. The summed E-state index contributed by atoms with van der Waals surface area (Å²) in [6.07, 6.45) is 5.33. The number of nitrogens with one attached hydrogen (secondary N) is 2. The summed E-state index contributed by atoms with van der Waals surface area (Å²) in [5.41, 5.74) is 2.62. The Morgan fingerprint density at radius 2 is 1.77 bits per heavy atom. The monoisotopic (exact) mass is 671 g/mol. The van der Waals surface area contributed by atoms with Gasteiger partial charge in [-0.3, -0.25) is 4.79 Å². The first-order valence-electron chi connectivity index (χ1n) is 15.1. The van der Waals surface area contributed by atoms with Crippen LogP contribution in [0.15, 0.2) is 57.3 Å². The summed E-state index contributed by atoms with van der Waals surface area (Å²) in [6, 6.07) is 10.8. The summed E-state index contributed by atoms with van der Waals surface area (Å²) in [4.78, 5) is 18.9. The van der Waals surface area contributed by atoms with Gasteiger partial charge >= 0.3 is 0 Å². The van der Waals surface area contributed by atoms with Gasteiger partial charge in [0.2, 0.25) is 11.1 Å². The number of carbonyl (C=O) groups excluding carboxylic acids is 1. The van der Waals surface area contributed by atoms with E-state index in [1.54, 1.807) is 16.4 Å². The second-order valence-corrected chi connectivity index (χ2v) is 12.0. The zero-order chi connectivity index (χ0) is 30.8. The molecule has 2 heterocycles. The van der Waals surface area contributed by atoms with Crippen LogP contribution < -0.4 is 24.8 Å². The number of para-hydroxylation sites is 2. The van der Waals surface area contributed by atoms with E-state index in [9.17, 15) is 4.79 Å². The van der Waals surface area contributed by atoms with E-state index in [1.807, 2.05) is 57.2 Å². The van der Waals surface area contributed by atoms with E-state index in [2.05, 4.69) is 40.4 Å². The lowest BCUT2D eigenvalue weighted by Crippen LogP contribution is -2.31. The number of amides is 1. The summed E-state index contributed by atoms with van der Waals surface area (Å²) < 4.78 is 20.6. The topological polar surface area (TPSA) is 99.5 Å². The van der Waals surface area contributed by atoms with Crippen LogP contribution in [0, 0.1) is 0 Å². The zero-order valence-corrected chi connectivity index (χ0v) is 28.1. The summed E-state index contributed by atoms with van der Waals surface area (Å²) in [6.45, 7) is 11.6. The van der Waals surface area contributed by atoms with Gasteiger partial charge in [0.05, 0.1) is 35.6 Å². The van der Waals surface area contributed by atoms with E-state index >= 15 is 0 Å². The van der Waals surface area contributed by atoms with E-state index in [1.165, 1.54) is 0 Å². The average Bonchev–Trinajstić information content (AvgIpc) is 3.39. The number of ether oxygens (including phenoxy) is 3. The molecular weight excluding hydrogens is 630 g/mol. The molecule has 1 unspecified atom stereocenters. The van der Waals surface area contributed by atoms with Crippen molar-refractivity contribution in [1.82, 2.24) is 14.8 Å². The van der Waals surface area contributed by atoms with Crippen molar-refractivity contribution in [2.75, 3.05) is 36.2 Å². The number of rotatable bonds is 16. The molecule has 1 amide bonds. The molecule has 1 aliphatic rings. The number of halogens is 1. The van der Waals surface area contributed by atoms with E-state index in [0.717, 1.165) is 47.9 Å². The predicted molar refractivity (Wildman–Crippen MR) is 177 cm³/mol. The van der Waals surface area contributed by atoms with Crippen molar-refractivity contribution < 1.29 is 19.0 Å². The number of carbonyl (C=O) groups is 1. The number of anilines is 2. The molecule has 232 valence electrons. The van der Waals surface area contributed by atoms with Crippen molar-refractivity contribution >= 4 is 45.2 Å². The Labute approximate surface area is 267 Å². The lowest BCUT2D eigenvalue weighted by Gasteiger charge is -2.29. The van der Waals surface area contributed by atoms with Gasteiger partial charge in [-0.15, -0.1) is 5.10 Å². The van der Waals surface area contributed by atoms with Gasteiger partial charge in [-0.1, -0.05) is 57.0 Å². The fraction of sp³-hybridized carbons (Fsp3) is 0.469. The molecular formula is C32H42BrN5O4S. The Morgan fingerprint density at radius 1 is 1.02 bits per heavy atom. The van der Waals surface area contributed by atoms with Crippen LogP contribution >= 0.6 is 27.7 Å². The quantitative estimate of drug-likeness (QED) is 0.116. The standard InChI is InChI=1S/C32H42BrN5O4S/c1-6-10-14-17-42-29-23(33)19-22(20-26(29)41-9-4)28-27(30(39)35-24-15-12-13-16-25(24)40-8-3)21(5)34-31-36-32(37-38(28)31)43-18-11-7-2/h12-13,15-16,19-20,28H,6-11,14,17-18H2,1-5H3,(H,35,39)(H,34,36,37). The first kappa shape index (κ1) is 32.7. The Hall–Kier alpha value is -3.18. The fourth-order valence-electron chi connectivity index (χ4n) is 4.82. The van der Waals surface area contributed by atoms with Crippen molar-refractivity contribution in [3.05, 3.63) is 57.7 Å². The maximum atomic E-state index is 14.1. The third-order valence-electron chi connectivity index (χ3n) is 6.88. The highest BCUT2D eigenvalue weighted by atomic mass is 79.9. The first-order chi connectivity index (χ1) is 20.9. The molecule has 0 spiro atoms. The Kier molecular flexibility index (Phi) is 12.2. The number of benzene rings is 2. The van der Waals surface area contributed by atoms with Crippen molar-refractivity contribution in [2.24, 2.45) is 0 Å². The molecule has 0 bridgehead atoms. The van der Waals surface area contributed by atoms with Crippen molar-refractivity contribution in [3.8, 4) is 17.2 Å². The summed E-state index contributed by atoms with van der Waals surface area (Å²) in [5.74, 6) is 3.11. The molecule has 43 heavy (non-hydrogen) atoms. The number of aromatic nitrogens is 3. The van der Waals surface area contributed by atoms with Crippen LogP contribution in [0.3, 0.4) is 0 Å². The molecule has 0 aliphatic carbocycles. The minimum Gasteiger partial charge on any atom is -0.492 e. The highest BCUT2D eigenvalue weighted by molar-refractivity contribution is 9.10. The smallest absolute Gasteiger partial charge is 0.255 e.